The Morgan fingerprint density at radius 3 is 2.81 bits per heavy atom. The van der Waals surface area contributed by atoms with Crippen LogP contribution in [0.1, 0.15) is 53.3 Å². The van der Waals surface area contributed by atoms with Crippen LogP contribution in [-0.4, -0.2) is 40.3 Å². The van der Waals surface area contributed by atoms with E-state index in [0.717, 1.165) is 25.5 Å². The molecule has 2 aromatic heterocycles. The van der Waals surface area contributed by atoms with Crippen molar-refractivity contribution in [1.82, 2.24) is 14.7 Å². The van der Waals surface area contributed by atoms with Gasteiger partial charge >= 0.3 is 0 Å². The fourth-order valence-electron chi connectivity index (χ4n) is 3.84. The van der Waals surface area contributed by atoms with Crippen LogP contribution in [0, 0.1) is 11.8 Å². The molecule has 3 heterocycles. The van der Waals surface area contributed by atoms with Gasteiger partial charge in [-0.05, 0) is 55.6 Å². The zero-order chi connectivity index (χ0) is 17.5. The first kappa shape index (κ1) is 16.1. The first-order valence-electron chi connectivity index (χ1n) is 9.75. The van der Waals surface area contributed by atoms with Crippen molar-refractivity contribution in [3.8, 4) is 0 Å². The molecule has 0 radical (unpaired) electrons. The van der Waals surface area contributed by atoms with E-state index in [1.165, 1.54) is 43.2 Å². The second-order valence-electron chi connectivity index (χ2n) is 7.94. The fraction of sp³-hybridized carbons (Fsp3) is 0.600. The molecule has 138 valence electrons. The standard InChI is InChI=1S/C20H25N3O3/c24-20(17-6-8-25-12-17)22-7-5-16-9-21-23(10-14-1-2-14)19(16)18(22)13-26-11-15-3-4-15/h6,8-9,12,14-15,18H,1-5,7,10-11,13H2. The predicted octanol–water partition coefficient (Wildman–Crippen LogP) is 3.05. The average Bonchev–Trinajstić information content (AvgIpc) is 3.55. The number of hydrogen-bond acceptors (Lipinski definition) is 4. The number of carbonyl (C=O) groups is 1. The summed E-state index contributed by atoms with van der Waals surface area (Å²) in [6, 6.07) is 1.67. The maximum Gasteiger partial charge on any atom is 0.257 e. The number of fused-ring (bicyclic) bond motifs is 1. The van der Waals surface area contributed by atoms with Crippen LogP contribution in [0.25, 0.3) is 0 Å². The minimum absolute atomic E-state index is 0.0172. The van der Waals surface area contributed by atoms with Gasteiger partial charge < -0.3 is 14.1 Å². The average molecular weight is 355 g/mol. The molecule has 6 heteroatoms. The third-order valence-corrected chi connectivity index (χ3v) is 5.76. The maximum atomic E-state index is 13.0. The smallest absolute Gasteiger partial charge is 0.257 e. The van der Waals surface area contributed by atoms with Crippen LogP contribution in [0.15, 0.2) is 29.2 Å². The van der Waals surface area contributed by atoms with Crippen molar-refractivity contribution >= 4 is 5.91 Å². The molecule has 1 unspecified atom stereocenters. The Morgan fingerprint density at radius 1 is 1.23 bits per heavy atom. The monoisotopic (exact) mass is 355 g/mol. The molecule has 26 heavy (non-hydrogen) atoms. The molecule has 1 amide bonds. The summed E-state index contributed by atoms with van der Waals surface area (Å²) in [6.07, 6.45) is 11.0. The van der Waals surface area contributed by atoms with Crippen molar-refractivity contribution in [3.63, 3.8) is 0 Å². The van der Waals surface area contributed by atoms with Gasteiger partial charge in [-0.1, -0.05) is 0 Å². The second kappa shape index (κ2) is 6.58. The fourth-order valence-corrected chi connectivity index (χ4v) is 3.84. The lowest BCUT2D eigenvalue weighted by atomic mass is 9.99. The van der Waals surface area contributed by atoms with Crippen LogP contribution in [0.2, 0.25) is 0 Å². The zero-order valence-electron chi connectivity index (χ0n) is 15.0. The molecule has 0 N–H and O–H groups in total. The highest BCUT2D eigenvalue weighted by Gasteiger charge is 2.36. The Kier molecular flexibility index (Phi) is 4.08. The predicted molar refractivity (Wildman–Crippen MR) is 94.7 cm³/mol. The highest BCUT2D eigenvalue weighted by molar-refractivity contribution is 5.94. The highest BCUT2D eigenvalue weighted by Crippen LogP contribution is 2.36. The SMILES string of the molecule is O=C(c1ccoc1)N1CCc2cnn(CC3CC3)c2C1COCC1CC1. The number of rotatable bonds is 7. The molecule has 2 fully saturated rings. The molecule has 1 aliphatic heterocycles. The van der Waals surface area contributed by atoms with Gasteiger partial charge in [0, 0.05) is 19.7 Å². The number of ether oxygens (including phenoxy) is 1. The largest absolute Gasteiger partial charge is 0.472 e. The van der Waals surface area contributed by atoms with Crippen molar-refractivity contribution in [1.29, 1.82) is 0 Å². The molecule has 0 bridgehead atoms. The van der Waals surface area contributed by atoms with Gasteiger partial charge in [0.25, 0.3) is 5.91 Å². The first-order valence-corrected chi connectivity index (χ1v) is 9.75. The van der Waals surface area contributed by atoms with E-state index in [1.807, 2.05) is 11.1 Å². The van der Waals surface area contributed by atoms with Crippen molar-refractivity contribution in [2.45, 2.75) is 44.7 Å². The number of hydrogen-bond donors (Lipinski definition) is 0. The number of aromatic nitrogens is 2. The molecule has 2 aliphatic carbocycles. The van der Waals surface area contributed by atoms with Crippen LogP contribution in [-0.2, 0) is 17.7 Å². The van der Waals surface area contributed by atoms with Gasteiger partial charge in [-0.15, -0.1) is 0 Å². The summed E-state index contributed by atoms with van der Waals surface area (Å²) < 4.78 is 13.3. The highest BCUT2D eigenvalue weighted by atomic mass is 16.5. The number of amides is 1. The molecule has 0 aromatic carbocycles. The van der Waals surface area contributed by atoms with Crippen LogP contribution < -0.4 is 0 Å². The Bertz CT molecular complexity index is 774. The molecule has 2 saturated carbocycles. The summed E-state index contributed by atoms with van der Waals surface area (Å²) in [4.78, 5) is 15.0. The van der Waals surface area contributed by atoms with E-state index in [9.17, 15) is 4.79 Å². The van der Waals surface area contributed by atoms with Crippen LogP contribution in [0.4, 0.5) is 0 Å². The van der Waals surface area contributed by atoms with Crippen molar-refractivity contribution in [2.75, 3.05) is 19.8 Å². The summed E-state index contributed by atoms with van der Waals surface area (Å²) in [6.45, 7) is 3.01. The quantitative estimate of drug-likeness (QED) is 0.766. The number of carbonyl (C=O) groups excluding carboxylic acids is 1. The Balaban J connectivity index is 1.42. The van der Waals surface area contributed by atoms with Gasteiger partial charge in [-0.25, -0.2) is 0 Å². The molecule has 0 saturated heterocycles. The van der Waals surface area contributed by atoms with Crippen LogP contribution >= 0.6 is 0 Å². The molecule has 2 aromatic rings. The minimum atomic E-state index is -0.0684. The lowest BCUT2D eigenvalue weighted by molar-refractivity contribution is 0.0344. The molecule has 5 rings (SSSR count). The normalized spacial score (nSPS) is 22.5. The first-order chi connectivity index (χ1) is 12.8. The van der Waals surface area contributed by atoms with Crippen molar-refractivity contribution < 1.29 is 13.9 Å². The van der Waals surface area contributed by atoms with Crippen LogP contribution in [0.5, 0.6) is 0 Å². The van der Waals surface area contributed by atoms with E-state index >= 15 is 0 Å². The molecule has 6 nitrogen and oxygen atoms in total. The van der Waals surface area contributed by atoms with Crippen LogP contribution in [0.3, 0.4) is 0 Å². The summed E-state index contributed by atoms with van der Waals surface area (Å²) in [7, 11) is 0. The van der Waals surface area contributed by atoms with E-state index in [0.29, 0.717) is 24.6 Å². The molecule has 0 spiro atoms. The van der Waals surface area contributed by atoms with E-state index in [1.54, 1.807) is 12.3 Å². The Morgan fingerprint density at radius 2 is 2.08 bits per heavy atom. The van der Waals surface area contributed by atoms with Gasteiger partial charge in [0.2, 0.25) is 0 Å². The third kappa shape index (κ3) is 3.18. The molecular formula is C20H25N3O3. The number of nitrogens with zero attached hydrogens (tertiary/aromatic N) is 3. The summed E-state index contributed by atoms with van der Waals surface area (Å²) in [5, 5.41) is 4.64. The third-order valence-electron chi connectivity index (χ3n) is 5.76. The molecule has 1 atom stereocenters. The van der Waals surface area contributed by atoms with E-state index in [-0.39, 0.29) is 11.9 Å². The lowest BCUT2D eigenvalue weighted by Crippen LogP contribution is -2.43. The van der Waals surface area contributed by atoms with E-state index in [2.05, 4.69) is 9.78 Å². The Hall–Kier alpha value is -2.08. The van der Waals surface area contributed by atoms with Crippen molar-refractivity contribution in [3.05, 3.63) is 41.6 Å². The maximum absolute atomic E-state index is 13.0. The van der Waals surface area contributed by atoms with Gasteiger partial charge in [0.15, 0.2) is 0 Å². The summed E-state index contributed by atoms with van der Waals surface area (Å²) in [5.74, 6) is 1.48. The summed E-state index contributed by atoms with van der Waals surface area (Å²) >= 11 is 0. The van der Waals surface area contributed by atoms with Gasteiger partial charge in [-0.2, -0.15) is 5.10 Å². The molecule has 3 aliphatic rings. The zero-order valence-corrected chi connectivity index (χ0v) is 15.0. The Labute approximate surface area is 153 Å². The second-order valence-corrected chi connectivity index (χ2v) is 7.94. The lowest BCUT2D eigenvalue weighted by Gasteiger charge is -2.36. The number of furan rings is 1. The molecular weight excluding hydrogens is 330 g/mol. The van der Waals surface area contributed by atoms with E-state index in [4.69, 9.17) is 9.15 Å². The van der Waals surface area contributed by atoms with Gasteiger partial charge in [-0.3, -0.25) is 9.48 Å². The topological polar surface area (TPSA) is 60.5 Å². The minimum Gasteiger partial charge on any atom is -0.472 e. The van der Waals surface area contributed by atoms with Gasteiger partial charge in [0.1, 0.15) is 6.26 Å². The van der Waals surface area contributed by atoms with Crippen molar-refractivity contribution in [2.24, 2.45) is 11.8 Å². The van der Waals surface area contributed by atoms with E-state index < -0.39 is 0 Å². The van der Waals surface area contributed by atoms with Gasteiger partial charge in [0.05, 0.1) is 36.4 Å². The summed E-state index contributed by atoms with van der Waals surface area (Å²) in [5.41, 5.74) is 3.05.